The number of hydrogen-bond acceptors (Lipinski definition) is 4. The summed E-state index contributed by atoms with van der Waals surface area (Å²) in [7, 11) is -4.13. The van der Waals surface area contributed by atoms with Gasteiger partial charge in [-0.15, -0.1) is 0 Å². The van der Waals surface area contributed by atoms with E-state index in [1.165, 1.54) is 0 Å². The molecule has 0 saturated carbocycles. The van der Waals surface area contributed by atoms with Crippen molar-refractivity contribution in [3.63, 3.8) is 0 Å². The maximum atomic E-state index is 10.5. The molecule has 0 bridgehead atoms. The highest BCUT2D eigenvalue weighted by Gasteiger charge is 2.13. The Balaban J connectivity index is 2.55. The molecule has 0 spiro atoms. The van der Waals surface area contributed by atoms with Gasteiger partial charge in [-0.1, -0.05) is 25.1 Å². The maximum absolute atomic E-state index is 10.5. The number of aliphatic hydroxyl groups is 1. The van der Waals surface area contributed by atoms with Gasteiger partial charge >= 0.3 is 0 Å². The first-order valence-corrected chi connectivity index (χ1v) is 6.98. The third-order valence-corrected chi connectivity index (χ3v) is 3.14. The third-order valence-electron chi connectivity index (χ3n) is 2.33. The Morgan fingerprint density at radius 3 is 2.59 bits per heavy atom. The largest absolute Gasteiger partial charge is 0.390 e. The molecule has 1 atom stereocenters. The Morgan fingerprint density at radius 1 is 1.35 bits per heavy atom. The number of anilines is 1. The molecule has 17 heavy (non-hydrogen) atoms. The average Bonchev–Trinajstić information content (AvgIpc) is 2.24. The van der Waals surface area contributed by atoms with E-state index >= 15 is 0 Å². The van der Waals surface area contributed by atoms with Gasteiger partial charge in [0.2, 0.25) is 0 Å². The predicted molar refractivity (Wildman–Crippen MR) is 66.7 cm³/mol. The van der Waals surface area contributed by atoms with Crippen LogP contribution in [0.5, 0.6) is 0 Å². The van der Waals surface area contributed by atoms with Crippen molar-refractivity contribution < 1.29 is 18.1 Å². The van der Waals surface area contributed by atoms with Gasteiger partial charge < -0.3 is 10.4 Å². The van der Waals surface area contributed by atoms with Crippen molar-refractivity contribution in [2.75, 3.05) is 17.6 Å². The first-order chi connectivity index (χ1) is 7.92. The van der Waals surface area contributed by atoms with E-state index in [1.807, 2.05) is 31.2 Å². The minimum absolute atomic E-state index is 0.0802. The van der Waals surface area contributed by atoms with Gasteiger partial charge in [0, 0.05) is 12.2 Å². The Hall–Kier alpha value is -1.11. The van der Waals surface area contributed by atoms with Crippen molar-refractivity contribution in [1.29, 1.82) is 0 Å². The van der Waals surface area contributed by atoms with E-state index in [1.54, 1.807) is 0 Å². The van der Waals surface area contributed by atoms with E-state index in [-0.39, 0.29) is 6.54 Å². The van der Waals surface area contributed by atoms with Gasteiger partial charge in [-0.05, 0) is 18.1 Å². The van der Waals surface area contributed by atoms with Gasteiger partial charge in [0.05, 0.1) is 6.10 Å². The summed E-state index contributed by atoms with van der Waals surface area (Å²) in [5.41, 5.74) is 1.95. The molecule has 0 amide bonds. The number of nitrogens with one attached hydrogen (secondary N) is 1. The van der Waals surface area contributed by atoms with Crippen molar-refractivity contribution >= 4 is 15.8 Å². The summed E-state index contributed by atoms with van der Waals surface area (Å²) in [6, 6.07) is 7.59. The monoisotopic (exact) mass is 259 g/mol. The molecule has 0 aliphatic rings. The molecule has 0 saturated heterocycles. The van der Waals surface area contributed by atoms with Crippen LogP contribution < -0.4 is 5.32 Å². The Kier molecular flexibility index (Phi) is 4.92. The molecule has 0 aliphatic carbocycles. The van der Waals surface area contributed by atoms with E-state index in [0.717, 1.165) is 17.7 Å². The van der Waals surface area contributed by atoms with E-state index in [9.17, 15) is 13.5 Å². The SMILES string of the molecule is CCc1ccccc1NCC(O)CS(=O)(=O)O. The molecule has 0 aliphatic heterocycles. The fourth-order valence-electron chi connectivity index (χ4n) is 1.53. The zero-order chi connectivity index (χ0) is 12.9. The lowest BCUT2D eigenvalue weighted by Gasteiger charge is -2.13. The second kappa shape index (κ2) is 6.00. The number of rotatable bonds is 6. The van der Waals surface area contributed by atoms with Crippen LogP contribution >= 0.6 is 0 Å². The highest BCUT2D eigenvalue weighted by molar-refractivity contribution is 7.85. The van der Waals surface area contributed by atoms with Crippen LogP contribution in [-0.2, 0) is 16.5 Å². The topological polar surface area (TPSA) is 86.6 Å². The summed E-state index contributed by atoms with van der Waals surface area (Å²) in [6.45, 7) is 2.09. The highest BCUT2D eigenvalue weighted by atomic mass is 32.2. The number of aryl methyl sites for hydroxylation is 1. The van der Waals surface area contributed by atoms with Crippen molar-refractivity contribution in [3.8, 4) is 0 Å². The molecule has 0 fully saturated rings. The van der Waals surface area contributed by atoms with Crippen molar-refractivity contribution in [1.82, 2.24) is 0 Å². The molecule has 0 radical (unpaired) electrons. The minimum Gasteiger partial charge on any atom is -0.390 e. The van der Waals surface area contributed by atoms with Gasteiger partial charge in [0.1, 0.15) is 5.75 Å². The van der Waals surface area contributed by atoms with Crippen LogP contribution in [0.1, 0.15) is 12.5 Å². The van der Waals surface area contributed by atoms with Crippen LogP contribution in [0.4, 0.5) is 5.69 Å². The van der Waals surface area contributed by atoms with Gasteiger partial charge in [0.15, 0.2) is 0 Å². The predicted octanol–water partition coefficient (Wildman–Crippen LogP) is 0.910. The highest BCUT2D eigenvalue weighted by Crippen LogP contribution is 2.15. The van der Waals surface area contributed by atoms with E-state index in [4.69, 9.17) is 4.55 Å². The second-order valence-electron chi connectivity index (χ2n) is 3.79. The molecule has 6 heteroatoms. The maximum Gasteiger partial charge on any atom is 0.267 e. The molecule has 1 rings (SSSR count). The Labute approximate surface area is 101 Å². The minimum atomic E-state index is -4.13. The normalized spacial score (nSPS) is 13.4. The molecule has 0 heterocycles. The average molecular weight is 259 g/mol. The van der Waals surface area contributed by atoms with E-state index in [0.29, 0.717) is 0 Å². The number of aliphatic hydroxyl groups excluding tert-OH is 1. The summed E-state index contributed by atoms with van der Waals surface area (Å²) in [6.07, 6.45) is -0.285. The lowest BCUT2D eigenvalue weighted by molar-refractivity contribution is 0.208. The summed E-state index contributed by atoms with van der Waals surface area (Å²) in [4.78, 5) is 0. The Morgan fingerprint density at radius 2 is 2.00 bits per heavy atom. The van der Waals surface area contributed by atoms with Crippen molar-refractivity contribution in [3.05, 3.63) is 29.8 Å². The molecule has 3 N–H and O–H groups in total. The smallest absolute Gasteiger partial charge is 0.267 e. The quantitative estimate of drug-likeness (QED) is 0.661. The Bertz CT molecular complexity index is 458. The second-order valence-corrected chi connectivity index (χ2v) is 5.29. The van der Waals surface area contributed by atoms with Crippen LogP contribution in [0.25, 0.3) is 0 Å². The molecular weight excluding hydrogens is 242 g/mol. The van der Waals surface area contributed by atoms with E-state index in [2.05, 4.69) is 5.32 Å². The number of hydrogen-bond donors (Lipinski definition) is 3. The van der Waals surface area contributed by atoms with Gasteiger partial charge in [-0.2, -0.15) is 8.42 Å². The van der Waals surface area contributed by atoms with Crippen LogP contribution in [0, 0.1) is 0 Å². The number of para-hydroxylation sites is 1. The van der Waals surface area contributed by atoms with Crippen LogP contribution in [-0.4, -0.2) is 36.5 Å². The third kappa shape index (κ3) is 5.16. The molecule has 5 nitrogen and oxygen atoms in total. The van der Waals surface area contributed by atoms with Gasteiger partial charge in [0.25, 0.3) is 10.1 Å². The molecular formula is C11H17NO4S. The lowest BCUT2D eigenvalue weighted by atomic mass is 10.1. The fourth-order valence-corrected chi connectivity index (χ4v) is 2.13. The molecule has 1 aromatic rings. The lowest BCUT2D eigenvalue weighted by Crippen LogP contribution is -2.28. The van der Waals surface area contributed by atoms with Crippen LogP contribution in [0.3, 0.4) is 0 Å². The fraction of sp³-hybridized carbons (Fsp3) is 0.455. The van der Waals surface area contributed by atoms with Gasteiger partial charge in [-0.25, -0.2) is 0 Å². The summed E-state index contributed by atoms with van der Waals surface area (Å²) in [5.74, 6) is -0.658. The van der Waals surface area contributed by atoms with Crippen LogP contribution in [0.2, 0.25) is 0 Å². The van der Waals surface area contributed by atoms with Crippen molar-refractivity contribution in [2.24, 2.45) is 0 Å². The van der Waals surface area contributed by atoms with Crippen LogP contribution in [0.15, 0.2) is 24.3 Å². The number of benzene rings is 1. The molecule has 1 aromatic carbocycles. The summed E-state index contributed by atoms with van der Waals surface area (Å²) < 4.78 is 29.7. The standard InChI is InChI=1S/C11H17NO4S/c1-2-9-5-3-4-6-11(9)12-7-10(13)8-17(14,15)16/h3-6,10,12-13H,2,7-8H2,1H3,(H,14,15,16). The zero-order valence-corrected chi connectivity index (χ0v) is 10.4. The van der Waals surface area contributed by atoms with Gasteiger partial charge in [-0.3, -0.25) is 4.55 Å². The molecule has 96 valence electrons. The first kappa shape index (κ1) is 14.0. The molecule has 1 unspecified atom stereocenters. The zero-order valence-electron chi connectivity index (χ0n) is 9.63. The summed E-state index contributed by atoms with van der Waals surface area (Å²) >= 11 is 0. The van der Waals surface area contributed by atoms with E-state index < -0.39 is 22.0 Å². The molecule has 0 aromatic heterocycles. The first-order valence-electron chi connectivity index (χ1n) is 5.37. The summed E-state index contributed by atoms with van der Waals surface area (Å²) in [5, 5.41) is 12.4. The van der Waals surface area contributed by atoms with Crippen molar-refractivity contribution in [2.45, 2.75) is 19.4 Å².